The van der Waals surface area contributed by atoms with Crippen molar-refractivity contribution in [1.29, 1.82) is 0 Å². The number of aromatic nitrogens is 3. The van der Waals surface area contributed by atoms with Crippen molar-refractivity contribution in [2.75, 3.05) is 80.9 Å². The van der Waals surface area contributed by atoms with Gasteiger partial charge in [-0.15, -0.1) is 0 Å². The number of fused-ring (bicyclic) bond motifs is 1. The summed E-state index contributed by atoms with van der Waals surface area (Å²) in [6, 6.07) is 8.08. The second kappa shape index (κ2) is 15.0. The molecule has 48 heavy (non-hydrogen) atoms. The van der Waals surface area contributed by atoms with Gasteiger partial charge >= 0.3 is 0 Å². The van der Waals surface area contributed by atoms with E-state index in [4.69, 9.17) is 9.47 Å². The molecule has 13 nitrogen and oxygen atoms in total. The monoisotopic (exact) mass is 662 g/mol. The van der Waals surface area contributed by atoms with Crippen LogP contribution in [0.25, 0.3) is 11.0 Å². The molecule has 4 N–H and O–H groups in total. The van der Waals surface area contributed by atoms with Crippen molar-refractivity contribution >= 4 is 51.4 Å². The highest BCUT2D eigenvalue weighted by Crippen LogP contribution is 2.35. The van der Waals surface area contributed by atoms with Crippen LogP contribution in [0.15, 0.2) is 49.2 Å². The number of nitrogens with one attached hydrogen (secondary N) is 3. The van der Waals surface area contributed by atoms with Gasteiger partial charge in [-0.25, -0.2) is 23.7 Å². The summed E-state index contributed by atoms with van der Waals surface area (Å²) in [7, 11) is 2.35. The summed E-state index contributed by atoms with van der Waals surface area (Å²) in [4.78, 5) is 43.8. The Bertz CT molecular complexity index is 1820. The number of aliphatic hydroxyl groups excluding tert-OH is 1. The Hall–Kier alpha value is -5.41. The number of hydrogen-bond donors (Lipinski definition) is 4. The van der Waals surface area contributed by atoms with E-state index in [1.165, 1.54) is 32.6 Å². The number of aliphatic hydroxyl groups is 1. The number of methoxy groups -OCH3 is 2. The van der Waals surface area contributed by atoms with Gasteiger partial charge in [0.25, 0.3) is 0 Å². The van der Waals surface area contributed by atoms with Gasteiger partial charge < -0.3 is 40.3 Å². The average molecular weight is 663 g/mol. The number of rotatable bonds is 13. The highest BCUT2D eigenvalue weighted by atomic mass is 19.1. The molecule has 0 radical (unpaired) electrons. The van der Waals surface area contributed by atoms with E-state index >= 15 is 8.78 Å². The van der Waals surface area contributed by atoms with Crippen LogP contribution in [0.4, 0.5) is 37.5 Å². The van der Waals surface area contributed by atoms with Gasteiger partial charge in [-0.3, -0.25) is 9.59 Å². The first-order valence-electron chi connectivity index (χ1n) is 15.2. The summed E-state index contributed by atoms with van der Waals surface area (Å²) in [5, 5.41) is 18.3. The standard InChI is InChI=1S/C33H36F2N8O5/c1-5-27(45)38-21-15-19(43-12-10-42(6-2)11-13-43)7-8-20(21)40-33-37-18-24-22(41-33)16-23(36-9-14-44)31(39-24)32(46)28-29(34)25(47-3)17-26(48-4)30(28)35/h5,7-8,15-18,36,44H,1,6,9-14H2,2-4H3,(H,38,45)(H,37,40,41). The lowest BCUT2D eigenvalue weighted by Gasteiger charge is -2.35. The highest BCUT2D eigenvalue weighted by molar-refractivity contribution is 6.13. The topological polar surface area (TPSA) is 154 Å². The van der Waals surface area contributed by atoms with Gasteiger partial charge in [0, 0.05) is 44.5 Å². The Balaban J connectivity index is 1.50. The number of halogens is 2. The molecule has 1 aliphatic rings. The lowest BCUT2D eigenvalue weighted by Crippen LogP contribution is -2.46. The van der Waals surface area contributed by atoms with Gasteiger partial charge in [-0.05, 0) is 36.9 Å². The maximum atomic E-state index is 15.2. The number of piperazine rings is 1. The number of ketones is 1. The summed E-state index contributed by atoms with van der Waals surface area (Å²) in [6.45, 7) is 9.93. The van der Waals surface area contributed by atoms with Crippen molar-refractivity contribution in [2.24, 2.45) is 0 Å². The van der Waals surface area contributed by atoms with Gasteiger partial charge in [0.1, 0.15) is 16.8 Å². The summed E-state index contributed by atoms with van der Waals surface area (Å²) in [6.07, 6.45) is 2.52. The smallest absolute Gasteiger partial charge is 0.247 e. The molecule has 252 valence electrons. The Kier molecular flexibility index (Phi) is 10.6. The Morgan fingerprint density at radius 1 is 0.979 bits per heavy atom. The van der Waals surface area contributed by atoms with Gasteiger partial charge in [-0.2, -0.15) is 0 Å². The van der Waals surface area contributed by atoms with Crippen LogP contribution in [0.5, 0.6) is 11.5 Å². The number of anilines is 5. The molecule has 0 spiro atoms. The van der Waals surface area contributed by atoms with E-state index in [-0.39, 0.29) is 41.5 Å². The molecule has 15 heteroatoms. The summed E-state index contributed by atoms with van der Waals surface area (Å²) in [5.41, 5.74) is 1.17. The lowest BCUT2D eigenvalue weighted by atomic mass is 10.0. The zero-order valence-electron chi connectivity index (χ0n) is 26.8. The second-order valence-electron chi connectivity index (χ2n) is 10.7. The normalized spacial score (nSPS) is 13.2. The zero-order valence-corrected chi connectivity index (χ0v) is 26.8. The minimum Gasteiger partial charge on any atom is -0.494 e. The molecule has 1 aliphatic heterocycles. The van der Waals surface area contributed by atoms with E-state index in [1.807, 2.05) is 18.2 Å². The highest BCUT2D eigenvalue weighted by Gasteiger charge is 2.29. The molecule has 1 amide bonds. The number of ether oxygens (including phenoxy) is 2. The van der Waals surface area contributed by atoms with Gasteiger partial charge in [0.2, 0.25) is 17.6 Å². The first-order valence-corrected chi connectivity index (χ1v) is 15.2. The third-order valence-corrected chi connectivity index (χ3v) is 7.89. The number of likely N-dealkylation sites (N-methyl/N-ethyl adjacent to an activating group) is 1. The Morgan fingerprint density at radius 2 is 1.69 bits per heavy atom. The fraction of sp³-hybridized carbons (Fsp3) is 0.303. The molecular formula is C33H36F2N8O5. The molecule has 5 rings (SSSR count). The molecule has 0 bridgehead atoms. The van der Waals surface area contributed by atoms with Crippen molar-refractivity contribution < 1.29 is 33.0 Å². The Morgan fingerprint density at radius 3 is 2.31 bits per heavy atom. The number of benzene rings is 2. The summed E-state index contributed by atoms with van der Waals surface area (Å²) < 4.78 is 40.4. The minimum atomic E-state index is -1.22. The number of pyridine rings is 1. The fourth-order valence-electron chi connectivity index (χ4n) is 5.30. The SMILES string of the molecule is C=CC(=O)Nc1cc(N2CCN(CC)CC2)ccc1Nc1ncc2nc(C(=O)c3c(F)c(OC)cc(OC)c3F)c(NCCO)cc2n1. The van der Waals surface area contributed by atoms with Crippen LogP contribution in [-0.2, 0) is 4.79 Å². The quantitative estimate of drug-likeness (QED) is 0.121. The fourth-order valence-corrected chi connectivity index (χ4v) is 5.30. The van der Waals surface area contributed by atoms with Crippen LogP contribution in [0.1, 0.15) is 23.0 Å². The van der Waals surface area contributed by atoms with E-state index in [0.717, 1.165) is 44.5 Å². The number of hydrogen-bond acceptors (Lipinski definition) is 12. The molecule has 2 aromatic carbocycles. The predicted molar refractivity (Wildman–Crippen MR) is 179 cm³/mol. The van der Waals surface area contributed by atoms with Crippen molar-refractivity contribution in [3.05, 3.63) is 72.1 Å². The van der Waals surface area contributed by atoms with Crippen LogP contribution in [0.2, 0.25) is 0 Å². The average Bonchev–Trinajstić information content (AvgIpc) is 3.11. The summed E-state index contributed by atoms with van der Waals surface area (Å²) in [5.74, 6) is -4.57. The van der Waals surface area contributed by atoms with E-state index in [2.05, 4.69) is 54.2 Å². The number of carbonyl (C=O) groups is 2. The largest absolute Gasteiger partial charge is 0.494 e. The van der Waals surface area contributed by atoms with Crippen molar-refractivity contribution in [2.45, 2.75) is 6.92 Å². The third kappa shape index (κ3) is 7.11. The van der Waals surface area contributed by atoms with Crippen molar-refractivity contribution in [1.82, 2.24) is 19.9 Å². The minimum absolute atomic E-state index is 0.00224. The molecule has 1 saturated heterocycles. The predicted octanol–water partition coefficient (Wildman–Crippen LogP) is 3.97. The van der Waals surface area contributed by atoms with Crippen LogP contribution in [0, 0.1) is 11.6 Å². The molecule has 3 heterocycles. The van der Waals surface area contributed by atoms with Crippen LogP contribution in [0.3, 0.4) is 0 Å². The van der Waals surface area contributed by atoms with Gasteiger partial charge in [0.15, 0.2) is 23.1 Å². The first-order chi connectivity index (χ1) is 23.2. The van der Waals surface area contributed by atoms with E-state index in [0.29, 0.717) is 11.4 Å². The maximum Gasteiger partial charge on any atom is 0.247 e. The number of carbonyl (C=O) groups excluding carboxylic acids is 2. The van der Waals surface area contributed by atoms with Gasteiger partial charge in [-0.1, -0.05) is 13.5 Å². The first kappa shape index (κ1) is 33.9. The third-order valence-electron chi connectivity index (χ3n) is 7.89. The number of nitrogens with zero attached hydrogens (tertiary/aromatic N) is 5. The van der Waals surface area contributed by atoms with Crippen molar-refractivity contribution in [3.8, 4) is 11.5 Å². The molecule has 4 aromatic rings. The molecule has 0 atom stereocenters. The summed E-state index contributed by atoms with van der Waals surface area (Å²) >= 11 is 0. The van der Waals surface area contributed by atoms with Crippen molar-refractivity contribution in [3.63, 3.8) is 0 Å². The molecule has 2 aromatic heterocycles. The van der Waals surface area contributed by atoms with Crippen LogP contribution < -0.4 is 30.3 Å². The van der Waals surface area contributed by atoms with E-state index in [9.17, 15) is 14.7 Å². The molecular weight excluding hydrogens is 626 g/mol. The van der Waals surface area contributed by atoms with E-state index < -0.39 is 40.4 Å². The van der Waals surface area contributed by atoms with Gasteiger partial charge in [0.05, 0.1) is 49.6 Å². The molecule has 1 fully saturated rings. The lowest BCUT2D eigenvalue weighted by molar-refractivity contribution is -0.111. The molecule has 0 unspecified atom stereocenters. The Labute approximate surface area is 275 Å². The van der Waals surface area contributed by atoms with Crippen LogP contribution >= 0.6 is 0 Å². The van der Waals surface area contributed by atoms with E-state index in [1.54, 1.807) is 0 Å². The molecule has 0 saturated carbocycles. The van der Waals surface area contributed by atoms with Crippen LogP contribution in [-0.4, -0.2) is 96.7 Å². The maximum absolute atomic E-state index is 15.2. The zero-order chi connectivity index (χ0) is 34.4. The second-order valence-corrected chi connectivity index (χ2v) is 10.7. The molecule has 0 aliphatic carbocycles. The number of amides is 1.